The number of hydrogen-bond acceptors (Lipinski definition) is 2. The highest BCUT2D eigenvalue weighted by atomic mass is 16.2. The summed E-state index contributed by atoms with van der Waals surface area (Å²) >= 11 is 0. The molecule has 120 valence electrons. The van der Waals surface area contributed by atoms with Gasteiger partial charge in [0.05, 0.1) is 12.1 Å². The summed E-state index contributed by atoms with van der Waals surface area (Å²) in [4.78, 5) is 22.3. The van der Waals surface area contributed by atoms with Crippen molar-refractivity contribution >= 4 is 6.03 Å². The van der Waals surface area contributed by atoms with Gasteiger partial charge in [-0.3, -0.25) is 0 Å². The Morgan fingerprint density at radius 1 is 1.26 bits per heavy atom. The van der Waals surface area contributed by atoms with Gasteiger partial charge in [0.15, 0.2) is 0 Å². The zero-order valence-corrected chi connectivity index (χ0v) is 13.2. The fourth-order valence-corrected chi connectivity index (χ4v) is 3.86. The maximum absolute atomic E-state index is 12.8. The van der Waals surface area contributed by atoms with E-state index in [4.69, 9.17) is 0 Å². The third kappa shape index (κ3) is 2.71. The number of aromatic amines is 1. The molecule has 0 radical (unpaired) electrons. The van der Waals surface area contributed by atoms with Crippen LogP contribution in [0, 0.1) is 0 Å². The van der Waals surface area contributed by atoms with Crippen molar-refractivity contribution in [2.24, 2.45) is 0 Å². The fourth-order valence-electron chi connectivity index (χ4n) is 3.86. The number of nitrogens with one attached hydrogen (secondary N) is 2. The fraction of sp³-hybridized carbons (Fsp3) is 0.444. The van der Waals surface area contributed by atoms with Crippen molar-refractivity contribution in [3.63, 3.8) is 0 Å². The van der Waals surface area contributed by atoms with Gasteiger partial charge < -0.3 is 15.2 Å². The monoisotopic (exact) mass is 310 g/mol. The summed E-state index contributed by atoms with van der Waals surface area (Å²) < 4.78 is 0. The maximum Gasteiger partial charge on any atom is 0.318 e. The number of benzene rings is 1. The zero-order chi connectivity index (χ0) is 15.6. The minimum Gasteiger partial charge on any atom is -0.347 e. The minimum absolute atomic E-state index is 0.0350. The number of carbonyl (C=O) groups excluding carboxylic acids is 1. The molecule has 1 aliphatic carbocycles. The quantitative estimate of drug-likeness (QED) is 0.893. The molecular formula is C18H22N4O. The van der Waals surface area contributed by atoms with E-state index in [1.807, 2.05) is 11.1 Å². The number of likely N-dealkylation sites (tertiary alicyclic amines) is 1. The van der Waals surface area contributed by atoms with E-state index >= 15 is 0 Å². The van der Waals surface area contributed by atoms with Gasteiger partial charge >= 0.3 is 6.03 Å². The van der Waals surface area contributed by atoms with Crippen LogP contribution in [0.2, 0.25) is 0 Å². The molecule has 1 aromatic carbocycles. The van der Waals surface area contributed by atoms with Crippen LogP contribution < -0.4 is 5.32 Å². The van der Waals surface area contributed by atoms with Crippen LogP contribution >= 0.6 is 0 Å². The van der Waals surface area contributed by atoms with Crippen molar-refractivity contribution in [2.45, 2.75) is 44.2 Å². The minimum atomic E-state index is 0.0350. The Kier molecular flexibility index (Phi) is 3.77. The van der Waals surface area contributed by atoms with Gasteiger partial charge in [-0.05, 0) is 43.2 Å². The van der Waals surface area contributed by atoms with Crippen molar-refractivity contribution in [3.8, 4) is 0 Å². The Labute approximate surface area is 136 Å². The molecule has 2 unspecified atom stereocenters. The molecule has 0 saturated carbocycles. The molecule has 2 aliphatic rings. The van der Waals surface area contributed by atoms with Crippen LogP contribution in [0.3, 0.4) is 0 Å². The Balaban J connectivity index is 1.50. The van der Waals surface area contributed by atoms with Crippen LogP contribution in [0.15, 0.2) is 36.7 Å². The Morgan fingerprint density at radius 3 is 3.04 bits per heavy atom. The van der Waals surface area contributed by atoms with E-state index in [0.29, 0.717) is 0 Å². The number of nitrogens with zero attached hydrogens (tertiary/aromatic N) is 2. The molecule has 1 fully saturated rings. The Hall–Kier alpha value is -2.30. The standard InChI is InChI=1S/C18H22N4O/c23-18(21-15-9-8-13-5-1-2-6-14(13)15)22-12-4-3-7-16(22)17-19-10-11-20-17/h1-2,5-6,10-11,15-16H,3-4,7-9,12H2,(H,19,20)(H,21,23). The van der Waals surface area contributed by atoms with Crippen LogP contribution in [0.5, 0.6) is 0 Å². The molecule has 2 aromatic rings. The highest BCUT2D eigenvalue weighted by Crippen LogP contribution is 2.33. The summed E-state index contributed by atoms with van der Waals surface area (Å²) in [6.45, 7) is 0.797. The predicted octanol–water partition coefficient (Wildman–Crippen LogP) is 3.33. The lowest BCUT2D eigenvalue weighted by Crippen LogP contribution is -2.45. The van der Waals surface area contributed by atoms with E-state index in [0.717, 1.165) is 44.5 Å². The number of piperidine rings is 1. The van der Waals surface area contributed by atoms with Crippen molar-refractivity contribution in [1.29, 1.82) is 0 Å². The highest BCUT2D eigenvalue weighted by molar-refractivity contribution is 5.75. The van der Waals surface area contributed by atoms with Gasteiger partial charge in [0.25, 0.3) is 0 Å². The third-order valence-electron chi connectivity index (χ3n) is 5.03. The lowest BCUT2D eigenvalue weighted by molar-refractivity contribution is 0.145. The molecule has 1 aliphatic heterocycles. The van der Waals surface area contributed by atoms with Gasteiger partial charge in [-0.15, -0.1) is 0 Å². The van der Waals surface area contributed by atoms with Crippen LogP contribution in [-0.4, -0.2) is 27.4 Å². The predicted molar refractivity (Wildman–Crippen MR) is 87.9 cm³/mol. The Bertz CT molecular complexity index is 682. The molecule has 4 rings (SSSR count). The first-order valence-corrected chi connectivity index (χ1v) is 8.47. The van der Waals surface area contributed by atoms with Crippen molar-refractivity contribution < 1.29 is 4.79 Å². The van der Waals surface area contributed by atoms with Gasteiger partial charge in [0.2, 0.25) is 0 Å². The van der Waals surface area contributed by atoms with Crippen LogP contribution in [0.4, 0.5) is 4.79 Å². The molecule has 0 bridgehead atoms. The van der Waals surface area contributed by atoms with Crippen LogP contribution in [0.1, 0.15) is 54.7 Å². The number of carbonyl (C=O) groups is 1. The van der Waals surface area contributed by atoms with Crippen LogP contribution in [0.25, 0.3) is 0 Å². The number of amides is 2. The summed E-state index contributed by atoms with van der Waals surface area (Å²) in [7, 11) is 0. The second-order valence-electron chi connectivity index (χ2n) is 6.42. The van der Waals surface area contributed by atoms with E-state index in [1.165, 1.54) is 11.1 Å². The average Bonchev–Trinajstić information content (AvgIpc) is 3.25. The molecule has 5 nitrogen and oxygen atoms in total. The van der Waals surface area contributed by atoms with E-state index in [9.17, 15) is 4.79 Å². The van der Waals surface area contributed by atoms with E-state index in [-0.39, 0.29) is 18.1 Å². The number of urea groups is 1. The summed E-state index contributed by atoms with van der Waals surface area (Å²) in [5.41, 5.74) is 2.63. The SMILES string of the molecule is O=C(NC1CCc2ccccc21)N1CCCCC1c1ncc[nH]1. The van der Waals surface area contributed by atoms with Gasteiger partial charge in [0, 0.05) is 18.9 Å². The number of H-pyrrole nitrogens is 1. The van der Waals surface area contributed by atoms with E-state index in [2.05, 4.69) is 39.6 Å². The van der Waals surface area contributed by atoms with Crippen molar-refractivity contribution in [2.75, 3.05) is 6.54 Å². The molecule has 2 N–H and O–H groups in total. The van der Waals surface area contributed by atoms with Gasteiger partial charge in [-0.2, -0.15) is 0 Å². The normalized spacial score (nSPS) is 23.6. The van der Waals surface area contributed by atoms with E-state index in [1.54, 1.807) is 6.20 Å². The number of rotatable bonds is 2. The number of hydrogen-bond donors (Lipinski definition) is 2. The second kappa shape index (κ2) is 6.07. The number of aryl methyl sites for hydroxylation is 1. The highest BCUT2D eigenvalue weighted by Gasteiger charge is 2.32. The molecular weight excluding hydrogens is 288 g/mol. The molecule has 2 heterocycles. The average molecular weight is 310 g/mol. The largest absolute Gasteiger partial charge is 0.347 e. The first-order valence-electron chi connectivity index (χ1n) is 8.47. The first kappa shape index (κ1) is 14.3. The summed E-state index contributed by atoms with van der Waals surface area (Å²) in [5, 5.41) is 3.24. The van der Waals surface area contributed by atoms with Gasteiger partial charge in [-0.1, -0.05) is 24.3 Å². The van der Waals surface area contributed by atoms with E-state index < -0.39 is 0 Å². The summed E-state index contributed by atoms with van der Waals surface area (Å²) in [6, 6.07) is 8.65. The number of imidazole rings is 1. The topological polar surface area (TPSA) is 61.0 Å². The van der Waals surface area contributed by atoms with Gasteiger partial charge in [-0.25, -0.2) is 9.78 Å². The lowest BCUT2D eigenvalue weighted by Gasteiger charge is -2.35. The summed E-state index contributed by atoms with van der Waals surface area (Å²) in [6.07, 6.45) is 8.79. The molecule has 2 atom stereocenters. The molecule has 2 amide bonds. The lowest BCUT2D eigenvalue weighted by atomic mass is 10.0. The Morgan fingerprint density at radius 2 is 2.17 bits per heavy atom. The number of aromatic nitrogens is 2. The van der Waals surface area contributed by atoms with Crippen LogP contribution in [-0.2, 0) is 6.42 Å². The zero-order valence-electron chi connectivity index (χ0n) is 13.2. The molecule has 1 saturated heterocycles. The molecule has 1 aromatic heterocycles. The summed E-state index contributed by atoms with van der Waals surface area (Å²) in [5.74, 6) is 0.895. The van der Waals surface area contributed by atoms with Crippen molar-refractivity contribution in [3.05, 3.63) is 53.6 Å². The molecule has 5 heteroatoms. The number of fused-ring (bicyclic) bond motifs is 1. The smallest absolute Gasteiger partial charge is 0.318 e. The second-order valence-corrected chi connectivity index (χ2v) is 6.42. The maximum atomic E-state index is 12.8. The van der Waals surface area contributed by atoms with Gasteiger partial charge in [0.1, 0.15) is 5.82 Å². The third-order valence-corrected chi connectivity index (χ3v) is 5.03. The molecule has 23 heavy (non-hydrogen) atoms. The molecule has 0 spiro atoms. The first-order chi connectivity index (χ1) is 11.3. The van der Waals surface area contributed by atoms with Crippen molar-refractivity contribution in [1.82, 2.24) is 20.2 Å².